The molecule has 4 aromatic rings. The lowest BCUT2D eigenvalue weighted by Crippen LogP contribution is -2.29. The van der Waals surface area contributed by atoms with Gasteiger partial charge >= 0.3 is 0 Å². The standard InChI is InChI=1S/C23H19N5OS/c29-23(27-15-14-17-8-4-6-12-20(17)27)19-11-5-7-13-21(19)30-16-22-24-25-26-28(22)18-9-2-1-3-10-18/h1-13H,14-16H2. The minimum absolute atomic E-state index is 0.0331. The van der Waals surface area contributed by atoms with Gasteiger partial charge in [0.1, 0.15) is 0 Å². The van der Waals surface area contributed by atoms with Gasteiger partial charge in [-0.05, 0) is 52.7 Å². The van der Waals surface area contributed by atoms with Crippen molar-refractivity contribution in [1.82, 2.24) is 20.2 Å². The first kappa shape index (κ1) is 18.6. The van der Waals surface area contributed by atoms with Crippen LogP contribution >= 0.6 is 11.8 Å². The van der Waals surface area contributed by atoms with Gasteiger partial charge in [-0.25, -0.2) is 0 Å². The summed E-state index contributed by atoms with van der Waals surface area (Å²) in [6.45, 7) is 0.712. The third-order valence-corrected chi connectivity index (χ3v) is 6.21. The number of tetrazole rings is 1. The number of amides is 1. The Hall–Kier alpha value is -3.45. The molecule has 2 heterocycles. The van der Waals surface area contributed by atoms with Crippen LogP contribution in [0.4, 0.5) is 5.69 Å². The van der Waals surface area contributed by atoms with Crippen molar-refractivity contribution in [2.24, 2.45) is 0 Å². The number of fused-ring (bicyclic) bond motifs is 1. The quantitative estimate of drug-likeness (QED) is 0.460. The first-order chi connectivity index (χ1) is 14.8. The number of benzene rings is 3. The Kier molecular flexibility index (Phi) is 5.03. The van der Waals surface area contributed by atoms with Crippen LogP contribution in [-0.4, -0.2) is 32.7 Å². The molecule has 1 aliphatic rings. The van der Waals surface area contributed by atoms with Gasteiger partial charge in [0.25, 0.3) is 5.91 Å². The van der Waals surface area contributed by atoms with Gasteiger partial charge in [-0.1, -0.05) is 48.5 Å². The van der Waals surface area contributed by atoms with Crippen LogP contribution in [0.25, 0.3) is 5.69 Å². The van der Waals surface area contributed by atoms with E-state index < -0.39 is 0 Å². The lowest BCUT2D eigenvalue weighted by molar-refractivity contribution is 0.0986. The molecule has 3 aromatic carbocycles. The van der Waals surface area contributed by atoms with Crippen molar-refractivity contribution in [2.75, 3.05) is 11.4 Å². The highest BCUT2D eigenvalue weighted by atomic mass is 32.2. The summed E-state index contributed by atoms with van der Waals surface area (Å²) in [6, 6.07) is 25.7. The summed E-state index contributed by atoms with van der Waals surface area (Å²) in [5.41, 5.74) is 3.85. The van der Waals surface area contributed by atoms with Crippen molar-refractivity contribution < 1.29 is 4.79 Å². The lowest BCUT2D eigenvalue weighted by Gasteiger charge is -2.19. The van der Waals surface area contributed by atoms with Gasteiger partial charge in [0, 0.05) is 17.1 Å². The van der Waals surface area contributed by atoms with Crippen LogP contribution in [0, 0.1) is 0 Å². The van der Waals surface area contributed by atoms with Crippen LogP contribution in [0.2, 0.25) is 0 Å². The highest BCUT2D eigenvalue weighted by Crippen LogP contribution is 2.32. The fraction of sp³-hybridized carbons (Fsp3) is 0.130. The Balaban J connectivity index is 1.38. The molecule has 5 rings (SSSR count). The molecule has 0 bridgehead atoms. The lowest BCUT2D eigenvalue weighted by atomic mass is 10.1. The smallest absolute Gasteiger partial charge is 0.259 e. The van der Waals surface area contributed by atoms with Gasteiger partial charge in [0.05, 0.1) is 17.0 Å². The number of anilines is 1. The molecule has 1 amide bonds. The predicted molar refractivity (Wildman–Crippen MR) is 117 cm³/mol. The van der Waals surface area contributed by atoms with E-state index in [0.29, 0.717) is 17.9 Å². The Bertz CT molecular complexity index is 1190. The van der Waals surface area contributed by atoms with Crippen LogP contribution in [-0.2, 0) is 12.2 Å². The number of carbonyl (C=O) groups is 1. The number of carbonyl (C=O) groups excluding carboxylic acids is 1. The highest BCUT2D eigenvalue weighted by molar-refractivity contribution is 7.98. The van der Waals surface area contributed by atoms with E-state index in [-0.39, 0.29) is 5.91 Å². The minimum atomic E-state index is 0.0331. The molecule has 0 aliphatic carbocycles. The molecular formula is C23H19N5OS. The van der Waals surface area contributed by atoms with E-state index in [1.54, 1.807) is 16.4 Å². The monoisotopic (exact) mass is 413 g/mol. The van der Waals surface area contributed by atoms with Gasteiger partial charge in [0.15, 0.2) is 5.82 Å². The summed E-state index contributed by atoms with van der Waals surface area (Å²) in [7, 11) is 0. The molecule has 0 radical (unpaired) electrons. The zero-order valence-corrected chi connectivity index (χ0v) is 17.0. The minimum Gasteiger partial charge on any atom is -0.308 e. The topological polar surface area (TPSA) is 63.9 Å². The largest absolute Gasteiger partial charge is 0.308 e. The van der Waals surface area contributed by atoms with Crippen molar-refractivity contribution in [1.29, 1.82) is 0 Å². The summed E-state index contributed by atoms with van der Waals surface area (Å²) in [5.74, 6) is 1.33. The Labute approximate surface area is 178 Å². The summed E-state index contributed by atoms with van der Waals surface area (Å²) in [4.78, 5) is 16.2. The van der Waals surface area contributed by atoms with E-state index in [4.69, 9.17) is 0 Å². The van der Waals surface area contributed by atoms with E-state index in [2.05, 4.69) is 21.6 Å². The molecule has 0 saturated heterocycles. The average Bonchev–Trinajstić information content (AvgIpc) is 3.45. The second-order valence-electron chi connectivity index (χ2n) is 6.96. The molecule has 0 unspecified atom stereocenters. The number of hydrogen-bond donors (Lipinski definition) is 0. The van der Waals surface area contributed by atoms with Crippen molar-refractivity contribution in [3.63, 3.8) is 0 Å². The molecule has 0 atom stereocenters. The fourth-order valence-electron chi connectivity index (χ4n) is 3.67. The maximum Gasteiger partial charge on any atom is 0.259 e. The average molecular weight is 414 g/mol. The first-order valence-electron chi connectivity index (χ1n) is 9.75. The summed E-state index contributed by atoms with van der Waals surface area (Å²) >= 11 is 1.57. The van der Waals surface area contributed by atoms with Gasteiger partial charge in [-0.3, -0.25) is 4.79 Å². The van der Waals surface area contributed by atoms with E-state index in [0.717, 1.165) is 28.5 Å². The number of nitrogens with zero attached hydrogens (tertiary/aromatic N) is 5. The van der Waals surface area contributed by atoms with Gasteiger partial charge < -0.3 is 4.90 Å². The van der Waals surface area contributed by atoms with Crippen LogP contribution in [0.5, 0.6) is 0 Å². The van der Waals surface area contributed by atoms with Crippen LogP contribution in [0.3, 0.4) is 0 Å². The second-order valence-corrected chi connectivity index (χ2v) is 7.98. The summed E-state index contributed by atoms with van der Waals surface area (Å²) < 4.78 is 1.73. The first-order valence-corrected chi connectivity index (χ1v) is 10.7. The van der Waals surface area contributed by atoms with E-state index in [1.807, 2.05) is 77.7 Å². The maximum atomic E-state index is 13.3. The van der Waals surface area contributed by atoms with E-state index in [9.17, 15) is 4.79 Å². The molecule has 0 spiro atoms. The number of rotatable bonds is 5. The molecular weight excluding hydrogens is 394 g/mol. The van der Waals surface area contributed by atoms with Crippen molar-refractivity contribution in [2.45, 2.75) is 17.1 Å². The summed E-state index contributed by atoms with van der Waals surface area (Å²) in [5, 5.41) is 12.1. The number of hydrogen-bond acceptors (Lipinski definition) is 5. The van der Waals surface area contributed by atoms with Crippen molar-refractivity contribution in [3.05, 3.63) is 95.8 Å². The predicted octanol–water partition coefficient (Wildman–Crippen LogP) is 4.16. The third kappa shape index (κ3) is 3.48. The maximum absolute atomic E-state index is 13.3. The molecule has 6 nitrogen and oxygen atoms in total. The highest BCUT2D eigenvalue weighted by Gasteiger charge is 2.26. The molecule has 148 valence electrons. The zero-order valence-electron chi connectivity index (χ0n) is 16.2. The van der Waals surface area contributed by atoms with E-state index >= 15 is 0 Å². The molecule has 7 heteroatoms. The zero-order chi connectivity index (χ0) is 20.3. The molecule has 30 heavy (non-hydrogen) atoms. The molecule has 1 aromatic heterocycles. The molecule has 0 saturated carbocycles. The number of aromatic nitrogens is 4. The van der Waals surface area contributed by atoms with Gasteiger partial charge in [-0.2, -0.15) is 4.68 Å². The number of thioether (sulfide) groups is 1. The van der Waals surface area contributed by atoms with Crippen LogP contribution in [0.1, 0.15) is 21.7 Å². The van der Waals surface area contributed by atoms with Crippen molar-refractivity contribution in [3.8, 4) is 5.69 Å². The SMILES string of the molecule is O=C(c1ccccc1SCc1nnnn1-c1ccccc1)N1CCc2ccccc21. The summed E-state index contributed by atoms with van der Waals surface area (Å²) in [6.07, 6.45) is 0.892. The van der Waals surface area contributed by atoms with Crippen molar-refractivity contribution >= 4 is 23.4 Å². The molecule has 0 N–H and O–H groups in total. The fourth-order valence-corrected chi connectivity index (χ4v) is 4.62. The Morgan fingerprint density at radius 3 is 2.60 bits per heavy atom. The molecule has 0 fully saturated rings. The third-order valence-electron chi connectivity index (χ3n) is 5.14. The molecule has 1 aliphatic heterocycles. The Morgan fingerprint density at radius 1 is 0.933 bits per heavy atom. The van der Waals surface area contributed by atoms with Gasteiger partial charge in [-0.15, -0.1) is 16.9 Å². The van der Waals surface area contributed by atoms with Gasteiger partial charge in [0.2, 0.25) is 0 Å². The van der Waals surface area contributed by atoms with Crippen LogP contribution in [0.15, 0.2) is 83.8 Å². The normalized spacial score (nSPS) is 12.7. The number of para-hydroxylation sites is 2. The Morgan fingerprint density at radius 2 is 1.70 bits per heavy atom. The van der Waals surface area contributed by atoms with E-state index in [1.165, 1.54) is 5.56 Å². The van der Waals surface area contributed by atoms with Crippen LogP contribution < -0.4 is 4.90 Å². The second kappa shape index (κ2) is 8.12.